The lowest BCUT2D eigenvalue weighted by Crippen LogP contribution is -2.52. The maximum Gasteiger partial charge on any atom is 0.235 e. The first-order valence-corrected chi connectivity index (χ1v) is 10.2. The van der Waals surface area contributed by atoms with Crippen LogP contribution in [0.3, 0.4) is 0 Å². The van der Waals surface area contributed by atoms with Crippen LogP contribution in [0.5, 0.6) is 0 Å². The van der Waals surface area contributed by atoms with Crippen molar-refractivity contribution in [1.29, 1.82) is 0 Å². The fourth-order valence-electron chi connectivity index (χ4n) is 4.61. The van der Waals surface area contributed by atoms with E-state index in [4.69, 9.17) is 4.74 Å². The number of anilines is 1. The fraction of sp³-hybridized carbons (Fsp3) is 0.684. The number of ether oxygens (including phenoxy) is 1. The van der Waals surface area contributed by atoms with Crippen LogP contribution in [0.4, 0.5) is 5.69 Å². The number of thiophene rings is 1. The van der Waals surface area contributed by atoms with Crippen molar-refractivity contribution < 1.29 is 14.3 Å². The molecule has 4 rings (SSSR count). The van der Waals surface area contributed by atoms with Crippen molar-refractivity contribution in [2.45, 2.75) is 50.5 Å². The summed E-state index contributed by atoms with van der Waals surface area (Å²) in [6.07, 6.45) is 6.20. The third-order valence-electron chi connectivity index (χ3n) is 6.43. The van der Waals surface area contributed by atoms with E-state index in [1.807, 2.05) is 26.6 Å². The van der Waals surface area contributed by atoms with Gasteiger partial charge in [0.2, 0.25) is 11.8 Å². The summed E-state index contributed by atoms with van der Waals surface area (Å²) in [5.74, 6) is 0.357. The average molecular weight is 362 g/mol. The maximum absolute atomic E-state index is 13.1. The Morgan fingerprint density at radius 1 is 1.24 bits per heavy atom. The van der Waals surface area contributed by atoms with Gasteiger partial charge in [-0.1, -0.05) is 0 Å². The van der Waals surface area contributed by atoms with E-state index >= 15 is 0 Å². The van der Waals surface area contributed by atoms with Crippen LogP contribution in [0.2, 0.25) is 0 Å². The molecule has 3 fully saturated rings. The summed E-state index contributed by atoms with van der Waals surface area (Å²) in [4.78, 5) is 29.8. The Bertz CT molecular complexity index is 650. The Kier molecular flexibility index (Phi) is 4.36. The normalized spacial score (nSPS) is 28.4. The molecule has 25 heavy (non-hydrogen) atoms. The molecular formula is C19H26N2O3S. The van der Waals surface area contributed by atoms with Crippen molar-refractivity contribution >= 4 is 28.8 Å². The van der Waals surface area contributed by atoms with Gasteiger partial charge in [0, 0.05) is 32.1 Å². The highest BCUT2D eigenvalue weighted by molar-refractivity contribution is 7.08. The molecule has 3 aliphatic rings. The summed E-state index contributed by atoms with van der Waals surface area (Å²) in [5.41, 5.74) is 0.378. The third-order valence-corrected chi connectivity index (χ3v) is 7.10. The molecule has 0 radical (unpaired) electrons. The van der Waals surface area contributed by atoms with Crippen molar-refractivity contribution in [3.8, 4) is 0 Å². The molecule has 1 saturated carbocycles. The second kappa shape index (κ2) is 6.40. The number of carbonyl (C=O) groups is 2. The standard InChI is InChI=1S/C19H26N2O3S/c1-24-19(6-2-7-19)12-16(22)20-9-3-5-18(14-20)8-10-21(17(18)23)15-4-11-25-13-15/h4,11,13H,2-3,5-10,12,14H2,1H3. The second-order valence-electron chi connectivity index (χ2n) is 7.80. The highest BCUT2D eigenvalue weighted by Crippen LogP contribution is 2.43. The quantitative estimate of drug-likeness (QED) is 0.827. The Balaban J connectivity index is 1.46. The van der Waals surface area contributed by atoms with E-state index in [1.165, 1.54) is 0 Å². The summed E-state index contributed by atoms with van der Waals surface area (Å²) in [7, 11) is 1.71. The lowest BCUT2D eigenvalue weighted by Gasteiger charge is -2.43. The Hall–Kier alpha value is -1.40. The molecular weight excluding hydrogens is 336 g/mol. The summed E-state index contributed by atoms with van der Waals surface area (Å²) in [6.45, 7) is 2.11. The summed E-state index contributed by atoms with van der Waals surface area (Å²) >= 11 is 1.61. The highest BCUT2D eigenvalue weighted by Gasteiger charge is 2.50. The van der Waals surface area contributed by atoms with Crippen molar-refractivity contribution in [2.24, 2.45) is 5.41 Å². The molecule has 0 N–H and O–H groups in total. The van der Waals surface area contributed by atoms with Gasteiger partial charge >= 0.3 is 0 Å². The monoisotopic (exact) mass is 362 g/mol. The van der Waals surface area contributed by atoms with Gasteiger partial charge in [-0.05, 0) is 50.0 Å². The first kappa shape index (κ1) is 17.0. The average Bonchev–Trinajstić information content (AvgIpc) is 3.21. The molecule has 2 saturated heterocycles. The molecule has 1 spiro atoms. The van der Waals surface area contributed by atoms with E-state index in [0.717, 1.165) is 57.3 Å². The molecule has 6 heteroatoms. The SMILES string of the molecule is COC1(CC(=O)N2CCCC3(CCN(c4ccsc4)C3=O)C2)CCC1. The largest absolute Gasteiger partial charge is 0.378 e. The molecule has 1 unspecified atom stereocenters. The Morgan fingerprint density at radius 2 is 2.08 bits per heavy atom. The van der Waals surface area contributed by atoms with Gasteiger partial charge in [-0.2, -0.15) is 11.3 Å². The predicted molar refractivity (Wildman–Crippen MR) is 97.7 cm³/mol. The van der Waals surface area contributed by atoms with Gasteiger partial charge in [0.25, 0.3) is 0 Å². The number of nitrogens with zero attached hydrogens (tertiary/aromatic N) is 2. The smallest absolute Gasteiger partial charge is 0.235 e. The van der Waals surface area contributed by atoms with Crippen LogP contribution in [0.25, 0.3) is 0 Å². The van der Waals surface area contributed by atoms with Crippen molar-refractivity contribution in [1.82, 2.24) is 4.90 Å². The number of methoxy groups -OCH3 is 1. The minimum atomic E-state index is -0.379. The van der Waals surface area contributed by atoms with Crippen molar-refractivity contribution in [3.63, 3.8) is 0 Å². The predicted octanol–water partition coefficient (Wildman–Crippen LogP) is 3.05. The number of amides is 2. The number of hydrogen-bond acceptors (Lipinski definition) is 4. The topological polar surface area (TPSA) is 49.9 Å². The molecule has 1 aromatic rings. The van der Waals surface area contributed by atoms with Crippen molar-refractivity contribution in [3.05, 3.63) is 16.8 Å². The fourth-order valence-corrected chi connectivity index (χ4v) is 5.25. The van der Waals surface area contributed by atoms with E-state index < -0.39 is 0 Å². The van der Waals surface area contributed by atoms with Gasteiger partial charge in [-0.15, -0.1) is 0 Å². The molecule has 1 aliphatic carbocycles. The van der Waals surface area contributed by atoms with Crippen LogP contribution in [0, 0.1) is 5.41 Å². The molecule has 0 bridgehead atoms. The molecule has 136 valence electrons. The van der Waals surface area contributed by atoms with Crippen molar-refractivity contribution in [2.75, 3.05) is 31.6 Å². The van der Waals surface area contributed by atoms with Crippen LogP contribution < -0.4 is 4.90 Å². The first-order chi connectivity index (χ1) is 12.1. The number of hydrogen-bond donors (Lipinski definition) is 0. The molecule has 2 aliphatic heterocycles. The molecule has 1 atom stereocenters. The van der Waals surface area contributed by atoms with E-state index in [-0.39, 0.29) is 22.8 Å². The number of rotatable bonds is 4. The highest BCUT2D eigenvalue weighted by atomic mass is 32.1. The molecule has 1 aromatic heterocycles. The number of piperidine rings is 1. The van der Waals surface area contributed by atoms with Gasteiger partial charge in [-0.25, -0.2) is 0 Å². The first-order valence-electron chi connectivity index (χ1n) is 9.25. The van der Waals surface area contributed by atoms with Crippen LogP contribution in [-0.2, 0) is 14.3 Å². The summed E-state index contributed by atoms with van der Waals surface area (Å²) in [5, 5.41) is 4.04. The minimum Gasteiger partial charge on any atom is -0.378 e. The maximum atomic E-state index is 13.1. The Morgan fingerprint density at radius 3 is 2.72 bits per heavy atom. The van der Waals surface area contributed by atoms with Gasteiger partial charge in [0.05, 0.1) is 23.1 Å². The number of carbonyl (C=O) groups excluding carboxylic acids is 2. The molecule has 3 heterocycles. The third kappa shape index (κ3) is 2.89. The lowest BCUT2D eigenvalue weighted by atomic mass is 9.76. The van der Waals surface area contributed by atoms with E-state index in [0.29, 0.717) is 13.0 Å². The molecule has 0 aromatic carbocycles. The van der Waals surface area contributed by atoms with E-state index in [9.17, 15) is 9.59 Å². The summed E-state index contributed by atoms with van der Waals surface area (Å²) in [6, 6.07) is 2.01. The van der Waals surface area contributed by atoms with Crippen LogP contribution in [0.1, 0.15) is 44.9 Å². The second-order valence-corrected chi connectivity index (χ2v) is 8.59. The van der Waals surface area contributed by atoms with Gasteiger partial charge in [0.1, 0.15) is 0 Å². The zero-order chi connectivity index (χ0) is 17.5. The van der Waals surface area contributed by atoms with Gasteiger partial charge < -0.3 is 14.5 Å². The molecule has 2 amide bonds. The van der Waals surface area contributed by atoms with Gasteiger partial charge in [0.15, 0.2) is 0 Å². The van der Waals surface area contributed by atoms with Crippen LogP contribution in [-0.4, -0.2) is 49.1 Å². The Labute approximate surface area is 152 Å². The van der Waals surface area contributed by atoms with Gasteiger partial charge in [-0.3, -0.25) is 9.59 Å². The van der Waals surface area contributed by atoms with E-state index in [1.54, 1.807) is 18.4 Å². The minimum absolute atomic E-state index is 0.155. The van der Waals surface area contributed by atoms with Crippen LogP contribution >= 0.6 is 11.3 Å². The summed E-state index contributed by atoms with van der Waals surface area (Å²) < 4.78 is 5.62. The zero-order valence-electron chi connectivity index (χ0n) is 14.8. The number of likely N-dealkylation sites (tertiary alicyclic amines) is 1. The van der Waals surface area contributed by atoms with Crippen LogP contribution in [0.15, 0.2) is 16.8 Å². The molecule has 5 nitrogen and oxygen atoms in total. The zero-order valence-corrected chi connectivity index (χ0v) is 15.6. The van der Waals surface area contributed by atoms with E-state index in [2.05, 4.69) is 0 Å². The lowest BCUT2D eigenvalue weighted by molar-refractivity contribution is -0.148.